The van der Waals surface area contributed by atoms with E-state index in [9.17, 15) is 22.8 Å². The SMILES string of the molecule is NC(=O)c1cc(CC(OC=O)c2cccc(-c3ccccc3)c2OC(F)(F)F)[nH]n1. The molecule has 7 nitrogen and oxygen atoms in total. The molecule has 0 fully saturated rings. The van der Waals surface area contributed by atoms with Crippen molar-refractivity contribution < 1.29 is 32.2 Å². The van der Waals surface area contributed by atoms with Crippen molar-refractivity contribution >= 4 is 12.4 Å². The lowest BCUT2D eigenvalue weighted by atomic mass is 9.96. The summed E-state index contributed by atoms with van der Waals surface area (Å²) in [5.74, 6) is -1.27. The molecule has 1 unspecified atom stereocenters. The first-order valence-corrected chi connectivity index (χ1v) is 8.65. The molecule has 0 saturated carbocycles. The summed E-state index contributed by atoms with van der Waals surface area (Å²) >= 11 is 0. The number of hydrogen-bond acceptors (Lipinski definition) is 5. The van der Waals surface area contributed by atoms with Gasteiger partial charge in [-0.05, 0) is 11.6 Å². The number of ether oxygens (including phenoxy) is 2. The van der Waals surface area contributed by atoms with E-state index in [0.29, 0.717) is 11.3 Å². The fraction of sp³-hybridized carbons (Fsp3) is 0.150. The number of halogens is 3. The van der Waals surface area contributed by atoms with Crippen LogP contribution in [0.15, 0.2) is 54.6 Å². The van der Waals surface area contributed by atoms with E-state index in [-0.39, 0.29) is 29.7 Å². The van der Waals surface area contributed by atoms with Gasteiger partial charge in [0.25, 0.3) is 12.4 Å². The minimum atomic E-state index is -4.97. The molecule has 0 spiro atoms. The molecule has 0 radical (unpaired) electrons. The van der Waals surface area contributed by atoms with Crippen molar-refractivity contribution in [3.63, 3.8) is 0 Å². The Morgan fingerprint density at radius 2 is 1.90 bits per heavy atom. The number of nitrogens with two attached hydrogens (primary N) is 1. The number of alkyl halides is 3. The maximum absolute atomic E-state index is 13.2. The Kier molecular flexibility index (Phi) is 6.05. The first-order chi connectivity index (χ1) is 14.3. The summed E-state index contributed by atoms with van der Waals surface area (Å²) in [4.78, 5) is 22.3. The van der Waals surface area contributed by atoms with Crippen LogP contribution in [0.2, 0.25) is 0 Å². The van der Waals surface area contributed by atoms with Gasteiger partial charge in [-0.3, -0.25) is 14.7 Å². The predicted molar refractivity (Wildman–Crippen MR) is 99.3 cm³/mol. The Morgan fingerprint density at radius 3 is 2.50 bits per heavy atom. The Hall–Kier alpha value is -3.82. The van der Waals surface area contributed by atoms with Gasteiger partial charge in [-0.2, -0.15) is 5.10 Å². The van der Waals surface area contributed by atoms with Crippen LogP contribution in [0.3, 0.4) is 0 Å². The maximum atomic E-state index is 13.2. The molecule has 1 atom stereocenters. The Morgan fingerprint density at radius 1 is 1.17 bits per heavy atom. The predicted octanol–water partition coefficient (Wildman–Crippen LogP) is 3.53. The van der Waals surface area contributed by atoms with Gasteiger partial charge in [0.05, 0.1) is 0 Å². The number of nitrogens with one attached hydrogen (secondary N) is 1. The molecule has 1 heterocycles. The summed E-state index contributed by atoms with van der Waals surface area (Å²) < 4.78 is 48.9. The van der Waals surface area contributed by atoms with Crippen molar-refractivity contribution in [1.29, 1.82) is 0 Å². The Labute approximate surface area is 168 Å². The number of aromatic nitrogens is 2. The van der Waals surface area contributed by atoms with Crippen LogP contribution in [-0.4, -0.2) is 28.9 Å². The van der Waals surface area contributed by atoms with Crippen LogP contribution in [0.25, 0.3) is 11.1 Å². The second kappa shape index (κ2) is 8.68. The largest absolute Gasteiger partial charge is 0.573 e. The van der Waals surface area contributed by atoms with Gasteiger partial charge in [0.2, 0.25) is 0 Å². The third kappa shape index (κ3) is 4.96. The molecule has 156 valence electrons. The number of carbonyl (C=O) groups is 2. The van der Waals surface area contributed by atoms with Gasteiger partial charge in [0.1, 0.15) is 17.5 Å². The normalized spacial score (nSPS) is 12.2. The molecule has 0 bridgehead atoms. The summed E-state index contributed by atoms with van der Waals surface area (Å²) in [7, 11) is 0. The maximum Gasteiger partial charge on any atom is 0.573 e. The molecule has 10 heteroatoms. The minimum Gasteiger partial charge on any atom is -0.459 e. The summed E-state index contributed by atoms with van der Waals surface area (Å²) in [5.41, 5.74) is 6.08. The van der Waals surface area contributed by atoms with E-state index in [1.54, 1.807) is 30.3 Å². The van der Waals surface area contributed by atoms with Crippen LogP contribution >= 0.6 is 0 Å². The highest BCUT2D eigenvalue weighted by Gasteiger charge is 2.35. The number of benzene rings is 2. The Balaban J connectivity index is 2.07. The van der Waals surface area contributed by atoms with Crippen molar-refractivity contribution in [3.05, 3.63) is 71.5 Å². The highest BCUT2D eigenvalue weighted by atomic mass is 19.4. The summed E-state index contributed by atoms with van der Waals surface area (Å²) in [6.07, 6.45) is -6.21. The zero-order valence-corrected chi connectivity index (χ0v) is 15.3. The topological polar surface area (TPSA) is 107 Å². The number of hydrogen-bond donors (Lipinski definition) is 2. The molecule has 3 aromatic rings. The molecule has 0 aliphatic heterocycles. The molecular weight excluding hydrogens is 403 g/mol. The van der Waals surface area contributed by atoms with Crippen LogP contribution in [0.4, 0.5) is 13.2 Å². The van der Waals surface area contributed by atoms with Crippen molar-refractivity contribution in [2.24, 2.45) is 5.73 Å². The molecule has 2 aromatic carbocycles. The van der Waals surface area contributed by atoms with E-state index in [2.05, 4.69) is 14.9 Å². The third-order valence-electron chi connectivity index (χ3n) is 4.20. The molecule has 1 amide bonds. The van der Waals surface area contributed by atoms with Crippen LogP contribution < -0.4 is 10.5 Å². The molecule has 3 N–H and O–H groups in total. The second-order valence-corrected chi connectivity index (χ2v) is 6.21. The van der Waals surface area contributed by atoms with Crippen molar-refractivity contribution in [1.82, 2.24) is 10.2 Å². The highest BCUT2D eigenvalue weighted by Crippen LogP contribution is 2.41. The van der Waals surface area contributed by atoms with Gasteiger partial charge in [0.15, 0.2) is 0 Å². The monoisotopic (exact) mass is 419 g/mol. The van der Waals surface area contributed by atoms with Crippen LogP contribution in [0.5, 0.6) is 5.75 Å². The summed E-state index contributed by atoms with van der Waals surface area (Å²) in [5, 5.41) is 6.26. The van der Waals surface area contributed by atoms with Gasteiger partial charge in [-0.1, -0.05) is 48.5 Å². The first-order valence-electron chi connectivity index (χ1n) is 8.65. The number of H-pyrrole nitrogens is 1. The van der Waals surface area contributed by atoms with Gasteiger partial charge in [-0.25, -0.2) is 0 Å². The lowest BCUT2D eigenvalue weighted by Crippen LogP contribution is -2.20. The van der Waals surface area contributed by atoms with E-state index >= 15 is 0 Å². The van der Waals surface area contributed by atoms with Crippen LogP contribution in [0, 0.1) is 0 Å². The fourth-order valence-corrected chi connectivity index (χ4v) is 2.97. The standard InChI is InChI=1S/C20H16F3N3O4/c21-20(22,23)30-18-14(12-5-2-1-3-6-12)7-4-8-15(18)17(29-11-27)10-13-9-16(19(24)28)26-25-13/h1-9,11,17H,10H2,(H2,24,28)(H,25,26). The molecule has 1 aromatic heterocycles. The highest BCUT2D eigenvalue weighted by molar-refractivity contribution is 5.90. The number of para-hydroxylation sites is 1. The molecular formula is C20H16F3N3O4. The third-order valence-corrected chi connectivity index (χ3v) is 4.20. The second-order valence-electron chi connectivity index (χ2n) is 6.21. The quantitative estimate of drug-likeness (QED) is 0.543. The molecule has 0 aliphatic rings. The minimum absolute atomic E-state index is 0.00370. The average molecular weight is 419 g/mol. The van der Waals surface area contributed by atoms with Crippen LogP contribution in [0.1, 0.15) is 27.8 Å². The van der Waals surface area contributed by atoms with E-state index in [0.717, 1.165) is 0 Å². The van der Waals surface area contributed by atoms with Crippen molar-refractivity contribution in [2.45, 2.75) is 18.9 Å². The summed E-state index contributed by atoms with van der Waals surface area (Å²) in [6.45, 7) is 0.128. The van der Waals surface area contributed by atoms with E-state index in [4.69, 9.17) is 10.5 Å². The lowest BCUT2D eigenvalue weighted by Gasteiger charge is -2.22. The van der Waals surface area contributed by atoms with Gasteiger partial charge < -0.3 is 15.2 Å². The number of primary amides is 1. The van der Waals surface area contributed by atoms with E-state index in [1.165, 1.54) is 24.3 Å². The first kappa shape index (κ1) is 20.9. The lowest BCUT2D eigenvalue weighted by molar-refractivity contribution is -0.274. The van der Waals surface area contributed by atoms with Gasteiger partial charge in [0, 0.05) is 23.2 Å². The fourth-order valence-electron chi connectivity index (χ4n) is 2.97. The number of amides is 1. The van der Waals surface area contributed by atoms with Gasteiger partial charge >= 0.3 is 6.36 Å². The van der Waals surface area contributed by atoms with Gasteiger partial charge in [-0.15, -0.1) is 13.2 Å². The van der Waals surface area contributed by atoms with Crippen molar-refractivity contribution in [2.75, 3.05) is 0 Å². The summed E-state index contributed by atoms with van der Waals surface area (Å²) in [6, 6.07) is 14.0. The zero-order chi connectivity index (χ0) is 21.7. The molecule has 0 saturated heterocycles. The molecule has 30 heavy (non-hydrogen) atoms. The number of nitrogens with zero attached hydrogens (tertiary/aromatic N) is 1. The average Bonchev–Trinajstić information content (AvgIpc) is 3.16. The number of carbonyl (C=O) groups excluding carboxylic acids is 2. The van der Waals surface area contributed by atoms with Crippen LogP contribution in [-0.2, 0) is 16.0 Å². The number of rotatable bonds is 8. The van der Waals surface area contributed by atoms with E-state index < -0.39 is 24.1 Å². The zero-order valence-electron chi connectivity index (χ0n) is 15.3. The Bertz CT molecular complexity index is 1040. The molecule has 3 rings (SSSR count). The molecule has 0 aliphatic carbocycles. The smallest absolute Gasteiger partial charge is 0.459 e. The van der Waals surface area contributed by atoms with Crippen molar-refractivity contribution in [3.8, 4) is 16.9 Å². The number of aromatic amines is 1. The van der Waals surface area contributed by atoms with E-state index in [1.807, 2.05) is 0 Å².